The molecule has 0 aliphatic rings. The molecule has 0 aliphatic carbocycles. The van der Waals surface area contributed by atoms with Crippen molar-refractivity contribution in [3.63, 3.8) is 0 Å². The van der Waals surface area contributed by atoms with Crippen LogP contribution in [0.4, 0.5) is 0 Å². The number of halogens is 1. The molecule has 1 N–H and O–H groups in total. The lowest BCUT2D eigenvalue weighted by Crippen LogP contribution is -2.24. The van der Waals surface area contributed by atoms with E-state index < -0.39 is 0 Å². The molecule has 32 heavy (non-hydrogen) atoms. The number of amides is 1. The monoisotopic (exact) mass is 452 g/mol. The summed E-state index contributed by atoms with van der Waals surface area (Å²) < 4.78 is 16.8. The van der Waals surface area contributed by atoms with Crippen LogP contribution in [0, 0.1) is 13.8 Å². The van der Waals surface area contributed by atoms with E-state index in [2.05, 4.69) is 10.5 Å². The van der Waals surface area contributed by atoms with Gasteiger partial charge >= 0.3 is 0 Å². The van der Waals surface area contributed by atoms with Crippen molar-refractivity contribution in [2.45, 2.75) is 20.5 Å². The molecule has 0 bridgehead atoms. The Labute approximate surface area is 192 Å². The van der Waals surface area contributed by atoms with E-state index in [-0.39, 0.29) is 12.5 Å². The highest BCUT2D eigenvalue weighted by atomic mass is 35.5. The summed E-state index contributed by atoms with van der Waals surface area (Å²) in [4.78, 5) is 11.9. The number of nitrogens with zero attached hydrogens (tertiary/aromatic N) is 1. The van der Waals surface area contributed by atoms with Crippen LogP contribution in [0.1, 0.15) is 22.3 Å². The van der Waals surface area contributed by atoms with Gasteiger partial charge in [-0.2, -0.15) is 5.10 Å². The second-order valence-electron chi connectivity index (χ2n) is 7.13. The quantitative estimate of drug-likeness (QED) is 0.363. The van der Waals surface area contributed by atoms with E-state index in [1.807, 2.05) is 62.4 Å². The normalized spacial score (nSPS) is 10.8. The molecule has 6 nitrogen and oxygen atoms in total. The molecule has 0 saturated carbocycles. The summed E-state index contributed by atoms with van der Waals surface area (Å²) in [5, 5.41) is 4.74. The van der Waals surface area contributed by atoms with Gasteiger partial charge in [0.2, 0.25) is 0 Å². The molecule has 0 saturated heterocycles. The number of ether oxygens (including phenoxy) is 3. The van der Waals surface area contributed by atoms with Gasteiger partial charge in [0.05, 0.1) is 13.3 Å². The van der Waals surface area contributed by atoms with Gasteiger partial charge in [-0.15, -0.1) is 0 Å². The summed E-state index contributed by atoms with van der Waals surface area (Å²) in [6.45, 7) is 4.07. The lowest BCUT2D eigenvalue weighted by Gasteiger charge is -2.13. The minimum absolute atomic E-state index is 0.122. The number of carbonyl (C=O) groups excluding carboxylic acids is 1. The predicted molar refractivity (Wildman–Crippen MR) is 126 cm³/mol. The summed E-state index contributed by atoms with van der Waals surface area (Å²) in [6.07, 6.45) is 1.56. The highest BCUT2D eigenvalue weighted by molar-refractivity contribution is 6.32. The zero-order valence-electron chi connectivity index (χ0n) is 18.2. The van der Waals surface area contributed by atoms with Crippen molar-refractivity contribution in [1.82, 2.24) is 5.43 Å². The fourth-order valence-corrected chi connectivity index (χ4v) is 3.13. The van der Waals surface area contributed by atoms with E-state index in [1.54, 1.807) is 25.5 Å². The van der Waals surface area contributed by atoms with E-state index in [0.717, 1.165) is 33.0 Å². The lowest BCUT2D eigenvalue weighted by molar-refractivity contribution is -0.123. The van der Waals surface area contributed by atoms with Gasteiger partial charge in [-0.3, -0.25) is 4.79 Å². The zero-order chi connectivity index (χ0) is 22.9. The number of rotatable bonds is 9. The van der Waals surface area contributed by atoms with Crippen molar-refractivity contribution in [2.75, 3.05) is 13.7 Å². The van der Waals surface area contributed by atoms with Crippen molar-refractivity contribution in [3.05, 3.63) is 87.9 Å². The summed E-state index contributed by atoms with van der Waals surface area (Å²) in [5.74, 6) is 1.70. The number of hydrogen-bond acceptors (Lipinski definition) is 5. The van der Waals surface area contributed by atoms with Crippen LogP contribution in [0.2, 0.25) is 5.02 Å². The maximum Gasteiger partial charge on any atom is 0.277 e. The van der Waals surface area contributed by atoms with Crippen molar-refractivity contribution in [3.8, 4) is 17.2 Å². The number of nitrogens with one attached hydrogen (secondary N) is 1. The molecule has 3 aromatic rings. The van der Waals surface area contributed by atoms with Crippen LogP contribution >= 0.6 is 11.6 Å². The highest BCUT2D eigenvalue weighted by Crippen LogP contribution is 2.27. The largest absolute Gasteiger partial charge is 0.496 e. The maximum absolute atomic E-state index is 11.9. The molecular weight excluding hydrogens is 428 g/mol. The Morgan fingerprint density at radius 1 is 1.00 bits per heavy atom. The third-order valence-corrected chi connectivity index (χ3v) is 5.22. The van der Waals surface area contributed by atoms with Crippen LogP contribution in [0.5, 0.6) is 17.2 Å². The number of methoxy groups -OCH3 is 1. The molecule has 0 spiro atoms. The standard InChI is InChI=1S/C25H25ClN2O4/c1-17-11-22(12-18(2)25(17)26)31-15-20-13-19(9-10-23(20)30-3)14-27-28-24(29)16-32-21-7-5-4-6-8-21/h4-14H,15-16H2,1-3H3,(H,28,29). The average molecular weight is 453 g/mol. The Balaban J connectivity index is 1.59. The summed E-state index contributed by atoms with van der Waals surface area (Å²) in [6, 6.07) is 18.5. The van der Waals surface area contributed by atoms with Gasteiger partial charge in [-0.05, 0) is 73.0 Å². The van der Waals surface area contributed by atoms with Gasteiger partial charge in [-0.1, -0.05) is 29.8 Å². The fourth-order valence-electron chi connectivity index (χ4n) is 3.02. The Morgan fingerprint density at radius 2 is 1.72 bits per heavy atom. The van der Waals surface area contributed by atoms with Gasteiger partial charge in [0.25, 0.3) is 5.91 Å². The summed E-state index contributed by atoms with van der Waals surface area (Å²) in [7, 11) is 1.61. The molecule has 0 aliphatic heterocycles. The second-order valence-corrected chi connectivity index (χ2v) is 7.50. The summed E-state index contributed by atoms with van der Waals surface area (Å²) in [5.41, 5.74) is 6.01. The van der Waals surface area contributed by atoms with Crippen LogP contribution in [-0.4, -0.2) is 25.8 Å². The van der Waals surface area contributed by atoms with Crippen molar-refractivity contribution >= 4 is 23.7 Å². The third-order valence-electron chi connectivity index (χ3n) is 4.62. The van der Waals surface area contributed by atoms with Gasteiger partial charge < -0.3 is 14.2 Å². The molecule has 7 heteroatoms. The summed E-state index contributed by atoms with van der Waals surface area (Å²) >= 11 is 6.23. The first kappa shape index (κ1) is 23.2. The highest BCUT2D eigenvalue weighted by Gasteiger charge is 2.08. The smallest absolute Gasteiger partial charge is 0.277 e. The average Bonchev–Trinajstić information content (AvgIpc) is 2.80. The SMILES string of the molecule is COc1ccc(C=NNC(=O)COc2ccccc2)cc1COc1cc(C)c(Cl)c(C)c1. The van der Waals surface area contributed by atoms with Crippen LogP contribution in [0.15, 0.2) is 65.8 Å². The Kier molecular flexibility index (Phi) is 8.11. The number of carbonyl (C=O) groups is 1. The van der Waals surface area contributed by atoms with Gasteiger partial charge in [-0.25, -0.2) is 5.43 Å². The van der Waals surface area contributed by atoms with Crippen LogP contribution < -0.4 is 19.6 Å². The molecule has 0 fully saturated rings. The van der Waals surface area contributed by atoms with Crippen LogP contribution in [0.25, 0.3) is 0 Å². The molecule has 0 heterocycles. The predicted octanol–water partition coefficient (Wildman–Crippen LogP) is 5.07. The van der Waals surface area contributed by atoms with E-state index in [4.69, 9.17) is 25.8 Å². The maximum atomic E-state index is 11.9. The molecule has 3 rings (SSSR count). The first-order valence-electron chi connectivity index (χ1n) is 10.0. The molecule has 0 radical (unpaired) electrons. The third kappa shape index (κ3) is 6.49. The number of para-hydroxylation sites is 1. The van der Waals surface area contributed by atoms with Crippen molar-refractivity contribution < 1.29 is 19.0 Å². The molecule has 166 valence electrons. The Hall–Kier alpha value is -3.51. The molecule has 0 atom stereocenters. The van der Waals surface area contributed by atoms with Gasteiger partial charge in [0.15, 0.2) is 6.61 Å². The molecular formula is C25H25ClN2O4. The van der Waals surface area contributed by atoms with E-state index in [0.29, 0.717) is 18.1 Å². The van der Waals surface area contributed by atoms with E-state index in [9.17, 15) is 4.79 Å². The second kappa shape index (κ2) is 11.2. The Morgan fingerprint density at radius 3 is 2.41 bits per heavy atom. The first-order valence-corrected chi connectivity index (χ1v) is 10.4. The zero-order valence-corrected chi connectivity index (χ0v) is 19.0. The van der Waals surface area contributed by atoms with Crippen molar-refractivity contribution in [1.29, 1.82) is 0 Å². The van der Waals surface area contributed by atoms with E-state index in [1.165, 1.54) is 0 Å². The van der Waals surface area contributed by atoms with Crippen LogP contribution in [-0.2, 0) is 11.4 Å². The lowest BCUT2D eigenvalue weighted by atomic mass is 10.1. The topological polar surface area (TPSA) is 69.2 Å². The van der Waals surface area contributed by atoms with E-state index >= 15 is 0 Å². The number of benzene rings is 3. The van der Waals surface area contributed by atoms with Gasteiger partial charge in [0, 0.05) is 10.6 Å². The van der Waals surface area contributed by atoms with Gasteiger partial charge in [0.1, 0.15) is 23.9 Å². The molecule has 1 amide bonds. The first-order chi connectivity index (χ1) is 15.5. The minimum atomic E-state index is -0.351. The Bertz CT molecular complexity index is 1080. The van der Waals surface area contributed by atoms with Crippen molar-refractivity contribution in [2.24, 2.45) is 5.10 Å². The number of hydrogen-bond donors (Lipinski definition) is 1. The van der Waals surface area contributed by atoms with Crippen LogP contribution in [0.3, 0.4) is 0 Å². The molecule has 3 aromatic carbocycles. The fraction of sp³-hybridized carbons (Fsp3) is 0.200. The number of hydrazone groups is 1. The minimum Gasteiger partial charge on any atom is -0.496 e. The number of aryl methyl sites for hydroxylation is 2. The molecule has 0 unspecified atom stereocenters. The molecule has 0 aromatic heterocycles.